The van der Waals surface area contributed by atoms with Gasteiger partial charge in [-0.1, -0.05) is 6.07 Å². The van der Waals surface area contributed by atoms with Gasteiger partial charge in [0.15, 0.2) is 5.65 Å². The summed E-state index contributed by atoms with van der Waals surface area (Å²) in [6.07, 6.45) is 7.45. The van der Waals surface area contributed by atoms with Gasteiger partial charge in [-0.25, -0.2) is 4.68 Å². The summed E-state index contributed by atoms with van der Waals surface area (Å²) in [6, 6.07) is 8.50. The first-order valence-corrected chi connectivity index (χ1v) is 10.5. The van der Waals surface area contributed by atoms with Crippen LogP contribution >= 0.6 is 0 Å². The largest absolute Gasteiger partial charge is 0.507 e. The Morgan fingerprint density at radius 1 is 1.03 bits per heavy atom. The number of rotatable bonds is 3. The van der Waals surface area contributed by atoms with E-state index >= 15 is 0 Å². The standard InChI is InChI=1S/C22H23N7O2/c1-28-10-15(9-23-28)13-2-3-19(21(30)5-13)20-4-14-8-24-29(22(14)27-26-20)18-6-16-11-31-12-17(7-18)25-16/h2-5,8-10,16-18,25,30H,6-7,11-12H2,1H3/t16-,17?,18+/m1/s1. The Kier molecular flexibility index (Phi) is 4.25. The van der Waals surface area contributed by atoms with Crippen molar-refractivity contribution in [1.29, 1.82) is 0 Å². The molecule has 3 atom stereocenters. The quantitative estimate of drug-likeness (QED) is 0.527. The molecule has 2 aliphatic heterocycles. The third-order valence-electron chi connectivity index (χ3n) is 6.22. The first-order valence-electron chi connectivity index (χ1n) is 10.5. The van der Waals surface area contributed by atoms with Crippen LogP contribution in [-0.4, -0.2) is 60.2 Å². The molecule has 4 aromatic rings. The maximum atomic E-state index is 10.7. The van der Waals surface area contributed by atoms with Gasteiger partial charge in [-0.2, -0.15) is 10.2 Å². The number of phenolic OH excluding ortho intramolecular Hbond substituents is 1. The minimum atomic E-state index is 0.161. The molecule has 2 N–H and O–H groups in total. The number of hydrogen-bond donors (Lipinski definition) is 2. The number of aryl methyl sites for hydroxylation is 1. The van der Waals surface area contributed by atoms with Gasteiger partial charge >= 0.3 is 0 Å². The Balaban J connectivity index is 1.31. The molecule has 0 radical (unpaired) electrons. The molecule has 3 aromatic heterocycles. The van der Waals surface area contributed by atoms with Gasteiger partial charge in [0.25, 0.3) is 0 Å². The second kappa shape index (κ2) is 7.14. The van der Waals surface area contributed by atoms with Crippen molar-refractivity contribution >= 4 is 11.0 Å². The van der Waals surface area contributed by atoms with Crippen molar-refractivity contribution in [2.75, 3.05) is 13.2 Å². The second-order valence-corrected chi connectivity index (χ2v) is 8.46. The molecule has 2 bridgehead atoms. The molecule has 9 heteroatoms. The van der Waals surface area contributed by atoms with Gasteiger partial charge in [-0.3, -0.25) is 4.68 Å². The Morgan fingerprint density at radius 3 is 2.61 bits per heavy atom. The average Bonchev–Trinajstić information content (AvgIpc) is 3.39. The van der Waals surface area contributed by atoms with Gasteiger partial charge in [-0.15, -0.1) is 10.2 Å². The number of nitrogens with zero attached hydrogens (tertiary/aromatic N) is 6. The Labute approximate surface area is 178 Å². The highest BCUT2D eigenvalue weighted by molar-refractivity contribution is 5.81. The maximum Gasteiger partial charge on any atom is 0.180 e. The van der Waals surface area contributed by atoms with Crippen LogP contribution < -0.4 is 5.32 Å². The Hall–Kier alpha value is -3.30. The van der Waals surface area contributed by atoms with Gasteiger partial charge in [-0.05, 0) is 36.6 Å². The van der Waals surface area contributed by atoms with Crippen molar-refractivity contribution in [2.45, 2.75) is 31.0 Å². The normalized spacial score (nSPS) is 23.3. The summed E-state index contributed by atoms with van der Waals surface area (Å²) < 4.78 is 9.39. The van der Waals surface area contributed by atoms with E-state index in [1.807, 2.05) is 42.3 Å². The molecule has 1 aromatic carbocycles. The fraction of sp³-hybridized carbons (Fsp3) is 0.364. The van der Waals surface area contributed by atoms with E-state index in [-0.39, 0.29) is 11.8 Å². The number of morpholine rings is 1. The summed E-state index contributed by atoms with van der Waals surface area (Å²) in [7, 11) is 1.87. The molecular weight excluding hydrogens is 394 g/mol. The number of phenols is 1. The predicted octanol–water partition coefficient (Wildman–Crippen LogP) is 2.29. The van der Waals surface area contributed by atoms with Crippen LogP contribution in [0.1, 0.15) is 18.9 Å². The number of piperidine rings is 1. The first kappa shape index (κ1) is 18.5. The molecule has 5 heterocycles. The third kappa shape index (κ3) is 3.26. The van der Waals surface area contributed by atoms with Crippen LogP contribution in [-0.2, 0) is 11.8 Å². The highest BCUT2D eigenvalue weighted by Gasteiger charge is 2.33. The number of aromatic nitrogens is 6. The van der Waals surface area contributed by atoms with Crippen molar-refractivity contribution in [2.24, 2.45) is 7.05 Å². The molecule has 0 saturated carbocycles. The lowest BCUT2D eigenvalue weighted by atomic mass is 9.93. The van der Waals surface area contributed by atoms with Gasteiger partial charge in [0.2, 0.25) is 0 Å². The zero-order valence-corrected chi connectivity index (χ0v) is 17.1. The lowest BCUT2D eigenvalue weighted by Gasteiger charge is -2.40. The number of fused-ring (bicyclic) bond motifs is 3. The van der Waals surface area contributed by atoms with Crippen LogP contribution in [0, 0.1) is 0 Å². The van der Waals surface area contributed by atoms with Crippen molar-refractivity contribution in [3.05, 3.63) is 42.9 Å². The fourth-order valence-corrected chi connectivity index (χ4v) is 4.76. The second-order valence-electron chi connectivity index (χ2n) is 8.46. The van der Waals surface area contributed by atoms with Gasteiger partial charge < -0.3 is 15.2 Å². The van der Waals surface area contributed by atoms with E-state index in [1.54, 1.807) is 16.9 Å². The molecular formula is C22H23N7O2. The number of benzene rings is 1. The van der Waals surface area contributed by atoms with Gasteiger partial charge in [0, 0.05) is 41.8 Å². The Bertz CT molecular complexity index is 1250. The van der Waals surface area contributed by atoms with E-state index in [9.17, 15) is 5.11 Å². The molecule has 6 rings (SSSR count). The van der Waals surface area contributed by atoms with E-state index in [1.165, 1.54) is 0 Å². The fourth-order valence-electron chi connectivity index (χ4n) is 4.76. The van der Waals surface area contributed by atoms with Gasteiger partial charge in [0.05, 0.1) is 37.3 Å². The predicted molar refractivity (Wildman–Crippen MR) is 114 cm³/mol. The summed E-state index contributed by atoms with van der Waals surface area (Å²) in [5.41, 5.74) is 3.89. The monoisotopic (exact) mass is 417 g/mol. The van der Waals surface area contributed by atoms with E-state index in [0.717, 1.165) is 48.2 Å². The summed E-state index contributed by atoms with van der Waals surface area (Å²) in [6.45, 7) is 1.49. The smallest absolute Gasteiger partial charge is 0.180 e. The SMILES string of the molecule is Cn1cc(-c2ccc(-c3cc4cnn([C@@H]5CC6COC[C@@H](C5)N6)c4nn3)c(O)c2)cn1. The van der Waals surface area contributed by atoms with Crippen LogP contribution in [0.3, 0.4) is 0 Å². The summed E-state index contributed by atoms with van der Waals surface area (Å²) >= 11 is 0. The van der Waals surface area contributed by atoms with Crippen molar-refractivity contribution in [3.63, 3.8) is 0 Å². The van der Waals surface area contributed by atoms with Gasteiger partial charge in [0.1, 0.15) is 5.75 Å². The van der Waals surface area contributed by atoms with Crippen LogP contribution in [0.25, 0.3) is 33.4 Å². The maximum absolute atomic E-state index is 10.7. The molecule has 158 valence electrons. The third-order valence-corrected chi connectivity index (χ3v) is 6.22. The molecule has 9 nitrogen and oxygen atoms in total. The molecule has 2 saturated heterocycles. The van der Waals surface area contributed by atoms with Crippen molar-refractivity contribution in [3.8, 4) is 28.1 Å². The van der Waals surface area contributed by atoms with Crippen LogP contribution in [0.5, 0.6) is 5.75 Å². The highest BCUT2D eigenvalue weighted by Crippen LogP contribution is 2.34. The molecule has 2 fully saturated rings. The molecule has 0 aliphatic carbocycles. The summed E-state index contributed by atoms with van der Waals surface area (Å²) in [5.74, 6) is 0.161. The number of nitrogens with one attached hydrogen (secondary N) is 1. The number of hydrogen-bond acceptors (Lipinski definition) is 7. The number of aromatic hydroxyl groups is 1. The first-order chi connectivity index (χ1) is 15.1. The molecule has 31 heavy (non-hydrogen) atoms. The summed E-state index contributed by atoms with van der Waals surface area (Å²) in [5, 5.41) is 32.9. The average molecular weight is 417 g/mol. The van der Waals surface area contributed by atoms with E-state index in [2.05, 4.69) is 25.7 Å². The highest BCUT2D eigenvalue weighted by atomic mass is 16.5. The number of ether oxygens (including phenoxy) is 1. The van der Waals surface area contributed by atoms with Crippen LogP contribution in [0.2, 0.25) is 0 Å². The van der Waals surface area contributed by atoms with Crippen LogP contribution in [0.15, 0.2) is 42.9 Å². The molecule has 1 unspecified atom stereocenters. The van der Waals surface area contributed by atoms with E-state index in [4.69, 9.17) is 4.74 Å². The lowest BCUT2D eigenvalue weighted by Crippen LogP contribution is -2.54. The minimum absolute atomic E-state index is 0.161. The molecule has 0 amide bonds. The van der Waals surface area contributed by atoms with E-state index < -0.39 is 0 Å². The van der Waals surface area contributed by atoms with E-state index in [0.29, 0.717) is 23.3 Å². The lowest BCUT2D eigenvalue weighted by molar-refractivity contribution is 0.00905. The molecule has 0 spiro atoms. The zero-order valence-electron chi connectivity index (χ0n) is 17.1. The zero-order chi connectivity index (χ0) is 20.9. The van der Waals surface area contributed by atoms with Crippen molar-refractivity contribution in [1.82, 2.24) is 35.1 Å². The molecule has 2 aliphatic rings. The Morgan fingerprint density at radius 2 is 1.87 bits per heavy atom. The topological polar surface area (TPSA) is 103 Å². The summed E-state index contributed by atoms with van der Waals surface area (Å²) in [4.78, 5) is 0. The van der Waals surface area contributed by atoms with Crippen LogP contribution in [0.4, 0.5) is 0 Å². The minimum Gasteiger partial charge on any atom is -0.507 e. The van der Waals surface area contributed by atoms with Crippen molar-refractivity contribution < 1.29 is 9.84 Å².